The Morgan fingerprint density at radius 2 is 2.06 bits per heavy atom. The third kappa shape index (κ3) is 4.29. The minimum atomic E-state index is -0.143. The van der Waals surface area contributed by atoms with Crippen LogP contribution in [0.5, 0.6) is 0 Å². The van der Waals surface area contributed by atoms with Crippen LogP contribution in [0.2, 0.25) is 0 Å². The first-order valence-electron chi connectivity index (χ1n) is 5.38. The summed E-state index contributed by atoms with van der Waals surface area (Å²) in [6, 6.07) is 0. The lowest BCUT2D eigenvalue weighted by atomic mass is 9.98. The van der Waals surface area contributed by atoms with Gasteiger partial charge in [-0.15, -0.1) is 0 Å². The molecule has 0 spiro atoms. The second kappa shape index (κ2) is 6.09. The van der Waals surface area contributed by atoms with Crippen molar-refractivity contribution in [1.29, 1.82) is 0 Å². The summed E-state index contributed by atoms with van der Waals surface area (Å²) in [5.41, 5.74) is 0. The summed E-state index contributed by atoms with van der Waals surface area (Å²) in [5.74, 6) is -0.318. The molecular formula is C10H17N3O3. The van der Waals surface area contributed by atoms with Crippen LogP contribution in [0.25, 0.3) is 0 Å². The van der Waals surface area contributed by atoms with Crippen LogP contribution >= 0.6 is 0 Å². The Hall–Kier alpha value is -1.59. The molecule has 0 aliphatic carbocycles. The zero-order valence-corrected chi connectivity index (χ0v) is 9.34. The molecular weight excluding hydrogens is 210 g/mol. The van der Waals surface area contributed by atoms with Gasteiger partial charge in [0.2, 0.25) is 17.7 Å². The fourth-order valence-corrected chi connectivity index (χ4v) is 1.53. The summed E-state index contributed by atoms with van der Waals surface area (Å²) in [6.07, 6.45) is 1.00. The van der Waals surface area contributed by atoms with Gasteiger partial charge in [0.25, 0.3) is 0 Å². The van der Waals surface area contributed by atoms with Crippen LogP contribution in [0.3, 0.4) is 0 Å². The number of amides is 3. The molecule has 1 heterocycles. The van der Waals surface area contributed by atoms with Gasteiger partial charge in [-0.2, -0.15) is 0 Å². The van der Waals surface area contributed by atoms with Crippen LogP contribution in [-0.2, 0) is 14.4 Å². The summed E-state index contributed by atoms with van der Waals surface area (Å²) < 4.78 is 0. The third-order valence-corrected chi connectivity index (χ3v) is 2.43. The number of hydrogen-bond acceptors (Lipinski definition) is 3. The largest absolute Gasteiger partial charge is 0.355 e. The summed E-state index contributed by atoms with van der Waals surface area (Å²) in [4.78, 5) is 33.0. The maximum atomic E-state index is 11.6. The number of carbonyl (C=O) groups excluding carboxylic acids is 3. The van der Waals surface area contributed by atoms with Gasteiger partial charge in [-0.1, -0.05) is 0 Å². The molecule has 1 aliphatic heterocycles. The highest BCUT2D eigenvalue weighted by atomic mass is 16.2. The van der Waals surface area contributed by atoms with E-state index in [-0.39, 0.29) is 23.6 Å². The molecule has 1 aliphatic rings. The summed E-state index contributed by atoms with van der Waals surface area (Å²) >= 11 is 0. The van der Waals surface area contributed by atoms with Gasteiger partial charge >= 0.3 is 0 Å². The molecule has 0 aromatic rings. The van der Waals surface area contributed by atoms with E-state index < -0.39 is 0 Å². The van der Waals surface area contributed by atoms with Gasteiger partial charge in [-0.05, 0) is 6.42 Å². The average Bonchev–Trinajstić information content (AvgIpc) is 2.25. The quantitative estimate of drug-likeness (QED) is 0.525. The normalized spacial score (nSPS) is 19.8. The van der Waals surface area contributed by atoms with Gasteiger partial charge in [0.1, 0.15) is 0 Å². The molecule has 6 heteroatoms. The van der Waals surface area contributed by atoms with E-state index in [4.69, 9.17) is 0 Å². The SMILES string of the molecule is CC(=O)NCCNC(=O)C1CCC(=O)NC1. The molecule has 1 atom stereocenters. The molecule has 0 aromatic carbocycles. The Morgan fingerprint density at radius 1 is 1.38 bits per heavy atom. The predicted molar refractivity (Wildman–Crippen MR) is 57.4 cm³/mol. The molecule has 1 rings (SSSR count). The van der Waals surface area contributed by atoms with Crippen molar-refractivity contribution in [1.82, 2.24) is 16.0 Å². The Bertz CT molecular complexity index is 281. The first-order chi connectivity index (χ1) is 7.59. The molecule has 1 unspecified atom stereocenters. The monoisotopic (exact) mass is 227 g/mol. The number of piperidine rings is 1. The van der Waals surface area contributed by atoms with Gasteiger partial charge in [-0.3, -0.25) is 14.4 Å². The molecule has 0 radical (unpaired) electrons. The van der Waals surface area contributed by atoms with Crippen LogP contribution < -0.4 is 16.0 Å². The second-order valence-corrected chi connectivity index (χ2v) is 3.81. The number of carbonyl (C=O) groups is 3. The highest BCUT2D eigenvalue weighted by Crippen LogP contribution is 2.10. The lowest BCUT2D eigenvalue weighted by molar-refractivity contribution is -0.129. The fourth-order valence-electron chi connectivity index (χ4n) is 1.53. The van der Waals surface area contributed by atoms with Gasteiger partial charge in [0, 0.05) is 33.0 Å². The average molecular weight is 227 g/mol. The molecule has 0 aromatic heterocycles. The molecule has 6 nitrogen and oxygen atoms in total. The van der Waals surface area contributed by atoms with Gasteiger partial charge < -0.3 is 16.0 Å². The van der Waals surface area contributed by atoms with E-state index in [1.165, 1.54) is 6.92 Å². The Labute approximate surface area is 94.2 Å². The molecule has 0 bridgehead atoms. The summed E-state index contributed by atoms with van der Waals surface area (Å²) in [6.45, 7) is 2.69. The fraction of sp³-hybridized carbons (Fsp3) is 0.700. The van der Waals surface area contributed by atoms with Crippen molar-refractivity contribution in [2.24, 2.45) is 5.92 Å². The van der Waals surface area contributed by atoms with Crippen molar-refractivity contribution in [3.63, 3.8) is 0 Å². The van der Waals surface area contributed by atoms with Crippen molar-refractivity contribution < 1.29 is 14.4 Å². The summed E-state index contributed by atoms with van der Waals surface area (Å²) in [5, 5.41) is 7.96. The molecule has 1 saturated heterocycles. The smallest absolute Gasteiger partial charge is 0.224 e. The molecule has 1 fully saturated rings. The lowest BCUT2D eigenvalue weighted by Crippen LogP contribution is -2.44. The molecule has 16 heavy (non-hydrogen) atoms. The predicted octanol–water partition coefficient (Wildman–Crippen LogP) is -1.24. The second-order valence-electron chi connectivity index (χ2n) is 3.81. The Kier molecular flexibility index (Phi) is 4.75. The van der Waals surface area contributed by atoms with Gasteiger partial charge in [-0.25, -0.2) is 0 Å². The van der Waals surface area contributed by atoms with E-state index in [0.717, 1.165) is 0 Å². The van der Waals surface area contributed by atoms with Gasteiger partial charge in [0.05, 0.1) is 5.92 Å². The van der Waals surface area contributed by atoms with E-state index in [9.17, 15) is 14.4 Å². The highest BCUT2D eigenvalue weighted by Gasteiger charge is 2.23. The van der Waals surface area contributed by atoms with Crippen LogP contribution in [-0.4, -0.2) is 37.4 Å². The maximum Gasteiger partial charge on any atom is 0.224 e. The standard InChI is InChI=1S/C10H17N3O3/c1-7(14)11-4-5-12-10(16)8-2-3-9(15)13-6-8/h8H,2-6H2,1H3,(H,11,14)(H,12,16)(H,13,15). The van der Waals surface area contributed by atoms with Crippen LogP contribution in [0, 0.1) is 5.92 Å². The maximum absolute atomic E-state index is 11.6. The number of hydrogen-bond donors (Lipinski definition) is 3. The van der Waals surface area contributed by atoms with E-state index in [1.54, 1.807) is 0 Å². The van der Waals surface area contributed by atoms with Crippen molar-refractivity contribution in [3.8, 4) is 0 Å². The van der Waals surface area contributed by atoms with Gasteiger partial charge in [0.15, 0.2) is 0 Å². The lowest BCUT2D eigenvalue weighted by Gasteiger charge is -2.21. The molecule has 3 amide bonds. The first kappa shape index (κ1) is 12.5. The number of nitrogens with one attached hydrogen (secondary N) is 3. The van der Waals surface area contributed by atoms with E-state index >= 15 is 0 Å². The Morgan fingerprint density at radius 3 is 2.62 bits per heavy atom. The minimum Gasteiger partial charge on any atom is -0.355 e. The minimum absolute atomic E-state index is 0.00213. The van der Waals surface area contributed by atoms with E-state index in [1.807, 2.05) is 0 Å². The number of rotatable bonds is 4. The molecule has 3 N–H and O–H groups in total. The van der Waals surface area contributed by atoms with Crippen LogP contribution in [0.1, 0.15) is 19.8 Å². The highest BCUT2D eigenvalue weighted by molar-refractivity contribution is 5.83. The third-order valence-electron chi connectivity index (χ3n) is 2.43. The van der Waals surface area contributed by atoms with Crippen LogP contribution in [0.15, 0.2) is 0 Å². The zero-order chi connectivity index (χ0) is 12.0. The Balaban J connectivity index is 2.15. The zero-order valence-electron chi connectivity index (χ0n) is 9.34. The van der Waals surface area contributed by atoms with Crippen molar-refractivity contribution in [2.75, 3.05) is 19.6 Å². The first-order valence-corrected chi connectivity index (χ1v) is 5.38. The van der Waals surface area contributed by atoms with Crippen molar-refractivity contribution >= 4 is 17.7 Å². The van der Waals surface area contributed by atoms with Crippen molar-refractivity contribution in [2.45, 2.75) is 19.8 Å². The van der Waals surface area contributed by atoms with E-state index in [0.29, 0.717) is 32.5 Å². The van der Waals surface area contributed by atoms with Crippen molar-refractivity contribution in [3.05, 3.63) is 0 Å². The molecule has 90 valence electrons. The van der Waals surface area contributed by atoms with E-state index in [2.05, 4.69) is 16.0 Å². The topological polar surface area (TPSA) is 87.3 Å². The summed E-state index contributed by atoms with van der Waals surface area (Å²) in [7, 11) is 0. The van der Waals surface area contributed by atoms with Crippen LogP contribution in [0.4, 0.5) is 0 Å². The molecule has 0 saturated carbocycles.